The first-order valence-corrected chi connectivity index (χ1v) is 12.5. The largest absolute Gasteiger partial charge is 0.379 e. The van der Waals surface area contributed by atoms with Crippen LogP contribution in [0.1, 0.15) is 34.8 Å². The summed E-state index contributed by atoms with van der Waals surface area (Å²) in [7, 11) is 0. The Balaban J connectivity index is 1.41. The highest BCUT2D eigenvalue weighted by Crippen LogP contribution is 2.25. The summed E-state index contributed by atoms with van der Waals surface area (Å²) in [5.41, 5.74) is 1.52. The number of morpholine rings is 1. The van der Waals surface area contributed by atoms with Crippen LogP contribution in [-0.4, -0.2) is 73.3 Å². The smallest absolute Gasteiger partial charge is 0.252 e. The average Bonchev–Trinajstić information content (AvgIpc) is 3.40. The van der Waals surface area contributed by atoms with Crippen molar-refractivity contribution in [2.24, 2.45) is 0 Å². The molecule has 2 saturated heterocycles. The quantitative estimate of drug-likeness (QED) is 0.599. The van der Waals surface area contributed by atoms with Crippen molar-refractivity contribution in [1.29, 1.82) is 0 Å². The maximum absolute atomic E-state index is 13.5. The van der Waals surface area contributed by atoms with Crippen molar-refractivity contribution in [2.75, 3.05) is 51.7 Å². The van der Waals surface area contributed by atoms with Crippen LogP contribution in [0.5, 0.6) is 0 Å². The van der Waals surface area contributed by atoms with Gasteiger partial charge in [0, 0.05) is 37.6 Å². The Morgan fingerprint density at radius 1 is 1.00 bits per heavy atom. The number of carbonyl (C=O) groups excluding carboxylic acids is 2. The number of carbonyl (C=O) groups is 2. The maximum Gasteiger partial charge on any atom is 0.252 e. The van der Waals surface area contributed by atoms with Gasteiger partial charge in [-0.3, -0.25) is 14.5 Å². The lowest BCUT2D eigenvalue weighted by Gasteiger charge is -2.35. The van der Waals surface area contributed by atoms with Crippen LogP contribution in [0, 0.1) is 5.82 Å². The number of halogens is 1. The SMILES string of the molecule is O=C(NCC(c1ccc(F)cc1)N1CCOCC1)c1ccccc1SCC(=O)N1CCCC1. The highest BCUT2D eigenvalue weighted by Gasteiger charge is 2.24. The summed E-state index contributed by atoms with van der Waals surface area (Å²) in [4.78, 5) is 30.5. The Morgan fingerprint density at radius 3 is 2.42 bits per heavy atom. The lowest BCUT2D eigenvalue weighted by molar-refractivity contribution is -0.127. The summed E-state index contributed by atoms with van der Waals surface area (Å²) in [6.45, 7) is 4.83. The van der Waals surface area contributed by atoms with E-state index in [0.717, 1.165) is 49.5 Å². The molecule has 8 heteroatoms. The van der Waals surface area contributed by atoms with Gasteiger partial charge in [0.15, 0.2) is 0 Å². The van der Waals surface area contributed by atoms with Crippen LogP contribution in [0.3, 0.4) is 0 Å². The zero-order valence-electron chi connectivity index (χ0n) is 18.7. The van der Waals surface area contributed by atoms with Gasteiger partial charge >= 0.3 is 0 Å². The third-order valence-electron chi connectivity index (χ3n) is 6.14. The fourth-order valence-electron chi connectivity index (χ4n) is 4.29. The van der Waals surface area contributed by atoms with E-state index in [1.54, 1.807) is 18.2 Å². The number of rotatable bonds is 8. The second kappa shape index (κ2) is 11.6. The number of likely N-dealkylation sites (tertiary alicyclic amines) is 1. The second-order valence-electron chi connectivity index (χ2n) is 8.30. The predicted molar refractivity (Wildman–Crippen MR) is 127 cm³/mol. The van der Waals surface area contributed by atoms with Crippen LogP contribution >= 0.6 is 11.8 Å². The van der Waals surface area contributed by atoms with Crippen LogP contribution in [0.4, 0.5) is 4.39 Å². The Kier molecular flexibility index (Phi) is 8.36. The Bertz CT molecular complexity index is 944. The Morgan fingerprint density at radius 2 is 1.70 bits per heavy atom. The normalized spacial score (nSPS) is 17.7. The maximum atomic E-state index is 13.5. The number of hydrogen-bond acceptors (Lipinski definition) is 5. The van der Waals surface area contributed by atoms with Crippen molar-refractivity contribution in [3.05, 3.63) is 65.5 Å². The van der Waals surface area contributed by atoms with Gasteiger partial charge in [0.1, 0.15) is 5.82 Å². The zero-order valence-corrected chi connectivity index (χ0v) is 19.5. The number of thioether (sulfide) groups is 1. The molecule has 2 fully saturated rings. The van der Waals surface area contributed by atoms with E-state index < -0.39 is 0 Å². The highest BCUT2D eigenvalue weighted by atomic mass is 32.2. The molecule has 2 amide bonds. The minimum absolute atomic E-state index is 0.0741. The monoisotopic (exact) mass is 471 g/mol. The minimum Gasteiger partial charge on any atom is -0.379 e. The molecule has 6 nitrogen and oxygen atoms in total. The molecule has 0 bridgehead atoms. The molecule has 2 aliphatic rings. The number of hydrogen-bond donors (Lipinski definition) is 1. The number of nitrogens with zero attached hydrogens (tertiary/aromatic N) is 2. The van der Waals surface area contributed by atoms with E-state index in [9.17, 15) is 14.0 Å². The average molecular weight is 472 g/mol. The topological polar surface area (TPSA) is 61.9 Å². The van der Waals surface area contributed by atoms with E-state index >= 15 is 0 Å². The van der Waals surface area contributed by atoms with Crippen molar-refractivity contribution in [3.8, 4) is 0 Å². The van der Waals surface area contributed by atoms with Crippen LogP contribution in [-0.2, 0) is 9.53 Å². The lowest BCUT2D eigenvalue weighted by Crippen LogP contribution is -2.43. The second-order valence-corrected chi connectivity index (χ2v) is 9.32. The molecule has 0 radical (unpaired) electrons. The van der Waals surface area contributed by atoms with E-state index in [1.807, 2.05) is 23.1 Å². The van der Waals surface area contributed by atoms with Gasteiger partial charge in [0.2, 0.25) is 5.91 Å². The number of ether oxygens (including phenoxy) is 1. The Labute approximate surface area is 198 Å². The molecule has 1 N–H and O–H groups in total. The molecule has 1 unspecified atom stereocenters. The van der Waals surface area contributed by atoms with Crippen LogP contribution in [0.2, 0.25) is 0 Å². The lowest BCUT2D eigenvalue weighted by atomic mass is 10.0. The molecule has 2 aromatic rings. The summed E-state index contributed by atoms with van der Waals surface area (Å²) in [6, 6.07) is 13.8. The van der Waals surface area contributed by atoms with E-state index in [1.165, 1.54) is 23.9 Å². The summed E-state index contributed by atoms with van der Waals surface area (Å²) in [5.74, 6) is -0.00236. The molecular formula is C25H30FN3O3S. The van der Waals surface area contributed by atoms with Crippen molar-refractivity contribution < 1.29 is 18.7 Å². The molecule has 4 rings (SSSR count). The summed E-state index contributed by atoms with van der Waals surface area (Å²) < 4.78 is 18.9. The number of benzene rings is 2. The number of nitrogens with one attached hydrogen (secondary N) is 1. The van der Waals surface area contributed by atoms with Gasteiger partial charge in [-0.05, 0) is 42.7 Å². The fraction of sp³-hybridized carbons (Fsp3) is 0.440. The first-order chi connectivity index (χ1) is 16.1. The van der Waals surface area contributed by atoms with Gasteiger partial charge in [-0.2, -0.15) is 0 Å². The van der Waals surface area contributed by atoms with Crippen LogP contribution in [0.15, 0.2) is 53.4 Å². The van der Waals surface area contributed by atoms with E-state index in [2.05, 4.69) is 10.2 Å². The van der Waals surface area contributed by atoms with Gasteiger partial charge in [0.05, 0.1) is 30.6 Å². The van der Waals surface area contributed by atoms with Crippen molar-refractivity contribution in [1.82, 2.24) is 15.1 Å². The van der Waals surface area contributed by atoms with Gasteiger partial charge in [-0.25, -0.2) is 4.39 Å². The van der Waals surface area contributed by atoms with Crippen molar-refractivity contribution in [2.45, 2.75) is 23.8 Å². The molecule has 176 valence electrons. The summed E-state index contributed by atoms with van der Waals surface area (Å²) in [6.07, 6.45) is 2.13. The minimum atomic E-state index is -0.280. The van der Waals surface area contributed by atoms with Gasteiger partial charge < -0.3 is 15.0 Å². The first-order valence-electron chi connectivity index (χ1n) is 11.5. The van der Waals surface area contributed by atoms with Crippen molar-refractivity contribution in [3.63, 3.8) is 0 Å². The molecule has 2 aliphatic heterocycles. The number of amides is 2. The molecule has 1 atom stereocenters. The summed E-state index contributed by atoms with van der Waals surface area (Å²) >= 11 is 1.41. The first kappa shape index (κ1) is 23.7. The predicted octanol–water partition coefficient (Wildman–Crippen LogP) is 3.34. The van der Waals surface area contributed by atoms with Crippen molar-refractivity contribution >= 4 is 23.6 Å². The third-order valence-corrected chi connectivity index (χ3v) is 7.20. The molecular weight excluding hydrogens is 441 g/mol. The summed E-state index contributed by atoms with van der Waals surface area (Å²) in [5, 5.41) is 3.07. The third kappa shape index (κ3) is 6.34. The van der Waals surface area contributed by atoms with Gasteiger partial charge in [-0.1, -0.05) is 24.3 Å². The highest BCUT2D eigenvalue weighted by molar-refractivity contribution is 8.00. The Hall–Kier alpha value is -2.42. The molecule has 0 saturated carbocycles. The standard InChI is InChI=1S/C25H30FN3O3S/c26-20-9-7-19(8-10-20)22(28-13-15-32-16-14-28)17-27-25(31)21-5-1-2-6-23(21)33-18-24(30)29-11-3-4-12-29/h1-2,5-10,22H,3-4,11-18H2,(H,27,31). The zero-order chi connectivity index (χ0) is 23.0. The molecule has 2 aromatic carbocycles. The molecule has 0 aromatic heterocycles. The molecule has 0 spiro atoms. The fourth-order valence-corrected chi connectivity index (χ4v) is 5.25. The van der Waals surface area contributed by atoms with E-state index in [0.29, 0.717) is 31.1 Å². The molecule has 2 heterocycles. The van der Waals surface area contributed by atoms with Gasteiger partial charge in [0.25, 0.3) is 5.91 Å². The van der Waals surface area contributed by atoms with Crippen LogP contribution < -0.4 is 5.32 Å². The molecule has 0 aliphatic carbocycles. The van der Waals surface area contributed by atoms with Crippen LogP contribution in [0.25, 0.3) is 0 Å². The van der Waals surface area contributed by atoms with E-state index in [4.69, 9.17) is 4.74 Å². The van der Waals surface area contributed by atoms with Gasteiger partial charge in [-0.15, -0.1) is 11.8 Å². The van der Waals surface area contributed by atoms with E-state index in [-0.39, 0.29) is 23.7 Å². The molecule has 33 heavy (non-hydrogen) atoms.